The number of nitrogens with one attached hydrogen (secondary N) is 4. The zero-order valence-corrected chi connectivity index (χ0v) is 36.4. The number of carbonyl (C=O) groups is 8. The maximum absolute atomic E-state index is 14.4. The van der Waals surface area contributed by atoms with Crippen molar-refractivity contribution in [3.63, 3.8) is 0 Å². The Morgan fingerprint density at radius 2 is 1.63 bits per heavy atom. The summed E-state index contributed by atoms with van der Waals surface area (Å²) in [5, 5.41) is 32.4. The number of piperidine rings is 1. The van der Waals surface area contributed by atoms with Crippen molar-refractivity contribution in [2.75, 3.05) is 31.6 Å². The molecule has 3 aliphatic heterocycles. The number of likely N-dealkylation sites (tertiary alicyclic amines) is 3. The van der Waals surface area contributed by atoms with E-state index in [0.717, 1.165) is 10.5 Å². The van der Waals surface area contributed by atoms with Crippen molar-refractivity contribution in [2.45, 2.75) is 128 Å². The number of esters is 1. The number of aliphatic hydroxyl groups is 2. The number of aliphatic hydroxyl groups excluding tert-OH is 2. The summed E-state index contributed by atoms with van der Waals surface area (Å²) < 4.78 is 5.00. The predicted molar refractivity (Wildman–Crippen MR) is 228 cm³/mol. The van der Waals surface area contributed by atoms with Gasteiger partial charge in [-0.2, -0.15) is 0 Å². The lowest BCUT2D eigenvalue weighted by Crippen LogP contribution is -2.62. The van der Waals surface area contributed by atoms with Gasteiger partial charge in [0.05, 0.1) is 24.4 Å². The van der Waals surface area contributed by atoms with E-state index in [1.807, 2.05) is 26.0 Å². The van der Waals surface area contributed by atoms with Gasteiger partial charge in [-0.15, -0.1) is 0 Å². The summed E-state index contributed by atoms with van der Waals surface area (Å²) in [6.45, 7) is 8.86. The van der Waals surface area contributed by atoms with Crippen molar-refractivity contribution in [3.8, 4) is 0 Å². The second-order valence-electron chi connectivity index (χ2n) is 17.4. The fourth-order valence-electron chi connectivity index (χ4n) is 9.08. The number of rotatable bonds is 14. The molecule has 4 aliphatic rings. The number of aryl methyl sites for hydroxylation is 1. The lowest BCUT2D eigenvalue weighted by Gasteiger charge is -2.39. The number of urea groups is 1. The van der Waals surface area contributed by atoms with E-state index < -0.39 is 83.6 Å². The van der Waals surface area contributed by atoms with E-state index in [9.17, 15) is 48.6 Å². The van der Waals surface area contributed by atoms with E-state index in [4.69, 9.17) is 4.74 Å². The number of hydrogen-bond acceptors (Lipinski definition) is 11. The molecule has 6 N–H and O–H groups in total. The van der Waals surface area contributed by atoms with Gasteiger partial charge in [-0.1, -0.05) is 36.8 Å². The average molecular weight is 874 g/mol. The molecule has 2 aromatic carbocycles. The topological polar surface area (TPSA) is 244 Å². The first kappa shape index (κ1) is 46.6. The second-order valence-corrected chi connectivity index (χ2v) is 17.4. The molecule has 1 spiro atoms. The summed E-state index contributed by atoms with van der Waals surface area (Å²) in [6, 6.07) is 6.36. The molecule has 0 unspecified atom stereocenters. The summed E-state index contributed by atoms with van der Waals surface area (Å²) in [5.74, 6) is -3.56. The van der Waals surface area contributed by atoms with E-state index >= 15 is 0 Å². The standard InChI is InChI=1S/C45H59N7O11/c1-6-63-43(61)30-13-15-31(16-14-30)47-44(62)48-33(19-29-11-9-10-25(2)18-29)38(56)49-37(28(5)53)42(60)51-24-32(54)20-35(51)41(59)50-17-8-7-12-34(50)39(57)46-27(4)40(58)52-23-26(3)21-45(52)22-36(45)55/h9-11,13-16,18,26-28,32-35,37,53-54H,6-8,12,17,19-24H2,1-5H3,(H,46,57)(H,49,56)(H2,47,48,62)/t26-,27+,28+,32-,33+,34+,35+,37+,45-/m1/s1. The average Bonchev–Trinajstić information content (AvgIpc) is 3.52. The van der Waals surface area contributed by atoms with Crippen LogP contribution >= 0.6 is 0 Å². The van der Waals surface area contributed by atoms with Crippen LogP contribution in [0.3, 0.4) is 0 Å². The van der Waals surface area contributed by atoms with Crippen molar-refractivity contribution in [2.24, 2.45) is 5.92 Å². The minimum absolute atomic E-state index is 0.00817. The molecule has 4 fully saturated rings. The van der Waals surface area contributed by atoms with Crippen LogP contribution in [0.25, 0.3) is 0 Å². The first-order valence-corrected chi connectivity index (χ1v) is 21.7. The normalized spacial score (nSPS) is 24.8. The van der Waals surface area contributed by atoms with Crippen LogP contribution in [0.4, 0.5) is 10.5 Å². The van der Waals surface area contributed by atoms with Gasteiger partial charge < -0.3 is 50.9 Å². The fraction of sp³-hybridized carbons (Fsp3) is 0.556. The van der Waals surface area contributed by atoms with Gasteiger partial charge in [0.1, 0.15) is 35.7 Å². The highest BCUT2D eigenvalue weighted by atomic mass is 16.5. The second kappa shape index (κ2) is 19.7. The molecule has 0 radical (unpaired) electrons. The van der Waals surface area contributed by atoms with Gasteiger partial charge in [-0.25, -0.2) is 9.59 Å². The van der Waals surface area contributed by atoms with Crippen molar-refractivity contribution >= 4 is 53.0 Å². The van der Waals surface area contributed by atoms with Crippen molar-refractivity contribution < 1.29 is 53.3 Å². The third-order valence-corrected chi connectivity index (χ3v) is 12.3. The molecule has 3 saturated heterocycles. The van der Waals surface area contributed by atoms with E-state index in [1.165, 1.54) is 36.1 Å². The van der Waals surface area contributed by atoms with Crippen molar-refractivity contribution in [1.82, 2.24) is 30.7 Å². The van der Waals surface area contributed by atoms with E-state index in [-0.39, 0.29) is 55.7 Å². The molecule has 3 heterocycles. The van der Waals surface area contributed by atoms with Crippen LogP contribution in [0.5, 0.6) is 0 Å². The molecule has 340 valence electrons. The molecule has 2 aromatic rings. The van der Waals surface area contributed by atoms with Gasteiger partial charge in [-0.05, 0) is 89.1 Å². The highest BCUT2D eigenvalue weighted by molar-refractivity contribution is 6.09. The molecular formula is C45H59N7O11. The number of amides is 7. The third-order valence-electron chi connectivity index (χ3n) is 12.3. The van der Waals surface area contributed by atoms with Crippen molar-refractivity contribution in [3.05, 3.63) is 65.2 Å². The van der Waals surface area contributed by atoms with Gasteiger partial charge >= 0.3 is 12.0 Å². The number of ether oxygens (including phenoxy) is 1. The van der Waals surface area contributed by atoms with Gasteiger partial charge in [-0.3, -0.25) is 28.8 Å². The van der Waals surface area contributed by atoms with Crippen LogP contribution < -0.4 is 21.3 Å². The Kier molecular flexibility index (Phi) is 14.6. The van der Waals surface area contributed by atoms with E-state index in [0.29, 0.717) is 49.9 Å². The van der Waals surface area contributed by atoms with Crippen LogP contribution in [0.15, 0.2) is 48.5 Å². The number of β-amino-alcohol motifs (C(OH)–C–C–N with tert-alkyl or cyclic N) is 1. The van der Waals surface area contributed by atoms with Crippen LogP contribution in [-0.2, 0) is 39.9 Å². The Labute approximate surface area is 366 Å². The Morgan fingerprint density at radius 3 is 2.29 bits per heavy atom. The molecule has 18 heteroatoms. The molecule has 1 aliphatic carbocycles. The zero-order chi connectivity index (χ0) is 45.7. The van der Waals surface area contributed by atoms with Gasteiger partial charge in [0.15, 0.2) is 5.78 Å². The summed E-state index contributed by atoms with van der Waals surface area (Å²) in [4.78, 5) is 112. The minimum atomic E-state index is -1.61. The number of benzene rings is 2. The Balaban J connectivity index is 1.14. The largest absolute Gasteiger partial charge is 0.462 e. The molecule has 7 amide bonds. The Hall–Kier alpha value is -5.88. The summed E-state index contributed by atoms with van der Waals surface area (Å²) in [7, 11) is 0. The number of Topliss-reactive ketones (excluding diaryl/α,β-unsaturated/α-hetero) is 1. The summed E-state index contributed by atoms with van der Waals surface area (Å²) >= 11 is 0. The lowest BCUT2D eigenvalue weighted by atomic mass is 9.98. The van der Waals surface area contributed by atoms with Crippen LogP contribution in [0.2, 0.25) is 0 Å². The van der Waals surface area contributed by atoms with Crippen molar-refractivity contribution in [1.29, 1.82) is 0 Å². The quantitative estimate of drug-likeness (QED) is 0.147. The zero-order valence-electron chi connectivity index (χ0n) is 36.4. The van der Waals surface area contributed by atoms with Gasteiger partial charge in [0.2, 0.25) is 29.5 Å². The smallest absolute Gasteiger partial charge is 0.338 e. The summed E-state index contributed by atoms with van der Waals surface area (Å²) in [6.07, 6.45) is -0.420. The predicted octanol–water partition coefficient (Wildman–Crippen LogP) is 1.20. The number of anilines is 1. The van der Waals surface area contributed by atoms with Gasteiger partial charge in [0, 0.05) is 44.6 Å². The third kappa shape index (κ3) is 10.7. The van der Waals surface area contributed by atoms with Crippen LogP contribution in [0.1, 0.15) is 87.7 Å². The van der Waals surface area contributed by atoms with Crippen LogP contribution in [-0.4, -0.2) is 146 Å². The molecule has 0 bridgehead atoms. The molecule has 1 saturated carbocycles. The number of carbonyl (C=O) groups excluding carboxylic acids is 8. The number of nitrogens with zero attached hydrogens (tertiary/aromatic N) is 3. The molecule has 6 rings (SSSR count). The Bertz CT molecular complexity index is 2100. The monoisotopic (exact) mass is 873 g/mol. The SMILES string of the molecule is CCOC(=O)c1ccc(NC(=O)N[C@@H](Cc2cccc(C)c2)C(=O)N[C@H](C(=O)N2C[C@H](O)C[C@H]2C(=O)N2CCCC[C@H]2C(=O)N[C@@H](C)C(=O)N2C[C@H](C)C[C@]23CC3=O)[C@H](C)O)cc1. The number of hydrogen-bond donors (Lipinski definition) is 6. The van der Waals surface area contributed by atoms with E-state index in [2.05, 4.69) is 21.3 Å². The maximum Gasteiger partial charge on any atom is 0.338 e. The maximum atomic E-state index is 14.4. The lowest BCUT2D eigenvalue weighted by molar-refractivity contribution is -0.152. The minimum Gasteiger partial charge on any atom is -0.462 e. The molecular weight excluding hydrogens is 815 g/mol. The molecule has 18 nitrogen and oxygen atoms in total. The highest BCUT2D eigenvalue weighted by Gasteiger charge is 2.63. The first-order chi connectivity index (χ1) is 29.9. The summed E-state index contributed by atoms with van der Waals surface area (Å²) in [5.41, 5.74) is 1.39. The fourth-order valence-corrected chi connectivity index (χ4v) is 9.08. The number of ketones is 1. The molecule has 0 aromatic heterocycles. The van der Waals surface area contributed by atoms with Gasteiger partial charge in [0.25, 0.3) is 0 Å². The molecule has 9 atom stereocenters. The van der Waals surface area contributed by atoms with Crippen LogP contribution in [0, 0.1) is 12.8 Å². The van der Waals surface area contributed by atoms with E-state index in [1.54, 1.807) is 30.9 Å². The molecule has 63 heavy (non-hydrogen) atoms. The Morgan fingerprint density at radius 1 is 0.921 bits per heavy atom. The first-order valence-electron chi connectivity index (χ1n) is 21.7. The highest BCUT2D eigenvalue weighted by Crippen LogP contribution is 2.48.